The van der Waals surface area contributed by atoms with E-state index < -0.39 is 46.8 Å². The monoisotopic (exact) mass is 892 g/mol. The van der Waals surface area contributed by atoms with Crippen molar-refractivity contribution < 1.29 is 29.0 Å². The number of aromatic hydroxyl groups is 1. The number of benzene rings is 4. The van der Waals surface area contributed by atoms with Crippen molar-refractivity contribution in [1.82, 2.24) is 0 Å². The fourth-order valence-electron chi connectivity index (χ4n) is 8.91. The minimum Gasteiger partial charge on any atom is -0.503 e. The van der Waals surface area contributed by atoms with Gasteiger partial charge in [-0.2, -0.15) is 0 Å². The van der Waals surface area contributed by atoms with Crippen LogP contribution in [0.15, 0.2) is 110 Å². The van der Waals surface area contributed by atoms with Gasteiger partial charge in [-0.1, -0.05) is 75.6 Å². The van der Waals surface area contributed by atoms with Gasteiger partial charge in [-0.15, -0.1) is 0 Å². The number of phenols is 1. The average Bonchev–Trinajstić information content (AvgIpc) is 3.52. The third-order valence-electron chi connectivity index (χ3n) is 11.0. The second kappa shape index (κ2) is 12.7. The first-order valence-electron chi connectivity index (χ1n) is 16.3. The Labute approximate surface area is 323 Å². The number of allylic oxidation sites excluding steroid dienone is 2. The molecule has 2 aliphatic heterocycles. The molecule has 1 N–H and O–H groups in total. The second-order valence-corrected chi connectivity index (χ2v) is 16.2. The quantitative estimate of drug-likeness (QED) is 0.159. The zero-order valence-electron chi connectivity index (χ0n) is 26.9. The van der Waals surface area contributed by atoms with E-state index in [2.05, 4.69) is 47.8 Å². The summed E-state index contributed by atoms with van der Waals surface area (Å²) in [5.41, 5.74) is 1.32. The van der Waals surface area contributed by atoms with Gasteiger partial charge in [-0.3, -0.25) is 24.1 Å². The minimum absolute atomic E-state index is 0.139. The van der Waals surface area contributed by atoms with Crippen molar-refractivity contribution in [3.63, 3.8) is 0 Å². The van der Waals surface area contributed by atoms with Crippen molar-refractivity contribution in [2.75, 3.05) is 16.9 Å². The van der Waals surface area contributed by atoms with Crippen LogP contribution in [-0.2, 0) is 24.6 Å². The lowest BCUT2D eigenvalue weighted by atomic mass is 9.49. The maximum absolute atomic E-state index is 15.5. The Morgan fingerprint density at radius 3 is 2.22 bits per heavy atom. The summed E-state index contributed by atoms with van der Waals surface area (Å²) in [5, 5.41) is 11.4. The number of methoxy groups -OCH3 is 1. The number of amides is 4. The van der Waals surface area contributed by atoms with E-state index in [1.54, 1.807) is 54.6 Å². The minimum atomic E-state index is -1.49. The van der Waals surface area contributed by atoms with Crippen molar-refractivity contribution in [3.8, 4) is 11.5 Å². The SMILES string of the molecule is COc1cc(C2C3=CCC4C(=O)N(c5ccc(Br)cc5)C(=O)C4C3CC3C(=O)N(c4cccc(Cl)c4)C(=O)C32c2ccccc2)c(Br)c(Br)c1O. The Bertz CT molecular complexity index is 2200. The number of hydrogen-bond acceptors (Lipinski definition) is 6. The van der Waals surface area contributed by atoms with Crippen molar-refractivity contribution in [2.45, 2.75) is 24.2 Å². The van der Waals surface area contributed by atoms with Crippen LogP contribution in [0, 0.1) is 23.7 Å². The molecule has 51 heavy (non-hydrogen) atoms. The number of phenolic OH excluding ortho intramolecular Hbond substituents is 1. The van der Waals surface area contributed by atoms with Crippen LogP contribution in [0.4, 0.5) is 11.4 Å². The molecule has 2 saturated heterocycles. The molecule has 1 saturated carbocycles. The molecule has 6 unspecified atom stereocenters. The molecule has 2 heterocycles. The van der Waals surface area contributed by atoms with Gasteiger partial charge in [0.25, 0.3) is 0 Å². The summed E-state index contributed by atoms with van der Waals surface area (Å²) >= 11 is 17.1. The van der Waals surface area contributed by atoms with Crippen LogP contribution in [0.3, 0.4) is 0 Å². The number of imide groups is 2. The number of fused-ring (bicyclic) bond motifs is 4. The van der Waals surface area contributed by atoms with E-state index in [1.807, 2.05) is 36.4 Å². The third-order valence-corrected chi connectivity index (χ3v) is 13.9. The van der Waals surface area contributed by atoms with Gasteiger partial charge in [-0.25, -0.2) is 4.90 Å². The molecule has 0 bridgehead atoms. The number of hydrogen-bond donors (Lipinski definition) is 1. The Morgan fingerprint density at radius 1 is 0.804 bits per heavy atom. The largest absolute Gasteiger partial charge is 0.503 e. The number of nitrogens with zero attached hydrogens (tertiary/aromatic N) is 2. The molecule has 0 aromatic heterocycles. The maximum Gasteiger partial charge on any atom is 0.246 e. The molecule has 4 aromatic rings. The van der Waals surface area contributed by atoms with Gasteiger partial charge < -0.3 is 9.84 Å². The highest BCUT2D eigenvalue weighted by atomic mass is 79.9. The number of anilines is 2. The molecule has 4 amide bonds. The predicted octanol–water partition coefficient (Wildman–Crippen LogP) is 8.71. The van der Waals surface area contributed by atoms with Crippen LogP contribution in [0.1, 0.15) is 29.9 Å². The molecular formula is C39H28Br3ClN2O6. The van der Waals surface area contributed by atoms with Gasteiger partial charge in [0.2, 0.25) is 23.6 Å². The Morgan fingerprint density at radius 2 is 1.53 bits per heavy atom. The summed E-state index contributed by atoms with van der Waals surface area (Å²) in [6, 6.07) is 24.6. The summed E-state index contributed by atoms with van der Waals surface area (Å²) in [4.78, 5) is 61.5. The first-order valence-corrected chi connectivity index (χ1v) is 19.0. The molecule has 0 radical (unpaired) electrons. The predicted molar refractivity (Wildman–Crippen MR) is 203 cm³/mol. The van der Waals surface area contributed by atoms with Gasteiger partial charge in [0.1, 0.15) is 0 Å². The van der Waals surface area contributed by atoms with Crippen molar-refractivity contribution in [1.29, 1.82) is 0 Å². The van der Waals surface area contributed by atoms with E-state index >= 15 is 4.79 Å². The Kier molecular flexibility index (Phi) is 8.56. The molecule has 8 nitrogen and oxygen atoms in total. The number of ether oxygens (including phenoxy) is 1. The number of carbonyl (C=O) groups is 4. The molecule has 4 aromatic carbocycles. The lowest BCUT2D eigenvalue weighted by molar-refractivity contribution is -0.127. The third kappa shape index (κ3) is 4.95. The molecule has 12 heteroatoms. The van der Waals surface area contributed by atoms with Crippen molar-refractivity contribution in [2.24, 2.45) is 23.7 Å². The smallest absolute Gasteiger partial charge is 0.246 e. The standard InChI is InChI=1S/C39H28Br3ClN2O6/c1-51-29-18-27(32(41)33(42)34(29)46)31-24-14-15-25-30(37(49)44(35(25)47)22-12-10-20(40)11-13-22)26(24)17-28-36(48)45(23-9-5-8-21(43)16-23)38(50)39(28,31)19-6-3-2-4-7-19/h2-14,16,18,25-26,28,30-31,46H,15,17H2,1H3. The summed E-state index contributed by atoms with van der Waals surface area (Å²) in [7, 11) is 1.44. The normalized spacial score (nSPS) is 26.9. The topological polar surface area (TPSA) is 104 Å². The highest BCUT2D eigenvalue weighted by molar-refractivity contribution is 9.13. The highest BCUT2D eigenvalue weighted by Gasteiger charge is 2.70. The molecule has 0 spiro atoms. The van der Waals surface area contributed by atoms with E-state index in [9.17, 15) is 19.5 Å². The molecule has 4 aliphatic rings. The number of rotatable bonds is 5. The number of halogens is 4. The number of carbonyl (C=O) groups excluding carboxylic acids is 4. The van der Waals surface area contributed by atoms with E-state index in [0.717, 1.165) is 10.0 Å². The Hall–Kier alpha value is -3.77. The molecule has 258 valence electrons. The summed E-state index contributed by atoms with van der Waals surface area (Å²) in [5.74, 6) is -5.17. The summed E-state index contributed by atoms with van der Waals surface area (Å²) < 4.78 is 7.21. The van der Waals surface area contributed by atoms with Crippen LogP contribution in [0.5, 0.6) is 11.5 Å². The molecule has 3 fully saturated rings. The molecule has 6 atom stereocenters. The van der Waals surface area contributed by atoms with Crippen LogP contribution < -0.4 is 14.5 Å². The summed E-state index contributed by atoms with van der Waals surface area (Å²) in [6.45, 7) is 0. The van der Waals surface area contributed by atoms with E-state index in [4.69, 9.17) is 16.3 Å². The first-order chi connectivity index (χ1) is 24.5. The van der Waals surface area contributed by atoms with Crippen molar-refractivity contribution >= 4 is 94.4 Å². The van der Waals surface area contributed by atoms with Gasteiger partial charge in [0, 0.05) is 19.9 Å². The molecular weight excluding hydrogens is 868 g/mol. The van der Waals surface area contributed by atoms with E-state index in [0.29, 0.717) is 36.5 Å². The average molecular weight is 896 g/mol. The second-order valence-electron chi connectivity index (χ2n) is 13.2. The lowest BCUT2D eigenvalue weighted by Crippen LogP contribution is -2.53. The van der Waals surface area contributed by atoms with Gasteiger partial charge in [0.05, 0.1) is 46.1 Å². The van der Waals surface area contributed by atoms with Crippen LogP contribution in [-0.4, -0.2) is 35.8 Å². The van der Waals surface area contributed by atoms with Gasteiger partial charge in [-0.05, 0) is 110 Å². The maximum atomic E-state index is 15.5. The zero-order chi connectivity index (χ0) is 35.9. The van der Waals surface area contributed by atoms with Gasteiger partial charge >= 0.3 is 0 Å². The molecule has 8 rings (SSSR count). The van der Waals surface area contributed by atoms with E-state index in [-0.39, 0.29) is 36.2 Å². The van der Waals surface area contributed by atoms with Crippen LogP contribution in [0.2, 0.25) is 5.02 Å². The van der Waals surface area contributed by atoms with Crippen molar-refractivity contribution in [3.05, 3.63) is 126 Å². The molecule has 2 aliphatic carbocycles. The Balaban J connectivity index is 1.39. The fraction of sp³-hybridized carbons (Fsp3) is 0.231. The van der Waals surface area contributed by atoms with E-state index in [1.165, 1.54) is 16.9 Å². The fourth-order valence-corrected chi connectivity index (χ4v) is 10.3. The first kappa shape index (κ1) is 34.3. The lowest BCUT2D eigenvalue weighted by Gasteiger charge is -2.51. The van der Waals surface area contributed by atoms with Gasteiger partial charge in [0.15, 0.2) is 11.5 Å². The zero-order valence-corrected chi connectivity index (χ0v) is 32.4. The highest BCUT2D eigenvalue weighted by Crippen LogP contribution is 2.66. The van der Waals surface area contributed by atoms with Crippen LogP contribution in [0.25, 0.3) is 0 Å². The summed E-state index contributed by atoms with van der Waals surface area (Å²) in [6.07, 6.45) is 2.42. The van der Waals surface area contributed by atoms with Crippen LogP contribution >= 0.6 is 59.4 Å².